The molecule has 0 atom stereocenters. The van der Waals surface area contributed by atoms with Gasteiger partial charge in [-0.1, -0.05) is 33.8 Å². The Bertz CT molecular complexity index is 1010. The summed E-state index contributed by atoms with van der Waals surface area (Å²) in [6.07, 6.45) is 5.09. The van der Waals surface area contributed by atoms with Crippen molar-refractivity contribution in [3.8, 4) is 11.3 Å². The molecule has 0 radical (unpaired) electrons. The smallest absolute Gasteiger partial charge is 0.0501 e. The number of benzene rings is 1. The Kier molecular flexibility index (Phi) is 6.52. The first-order valence-corrected chi connectivity index (χ1v) is 12.3. The Morgan fingerprint density at radius 3 is 2.23 bits per heavy atom. The van der Waals surface area contributed by atoms with E-state index in [4.69, 9.17) is 0 Å². The number of rotatable bonds is 6. The standard InChI is InChI=1S/C28H39N3/c1-7-24(8-2)31-13-11-21(12-14-31)22-9-10-26-25(17-22)27(18(3)4)28(30-26)23-15-19(5)29-20(6)16-23/h9-10,15-18,21,24,30H,7-8,11-14H2,1-6H3. The Morgan fingerprint density at radius 1 is 1.00 bits per heavy atom. The normalized spacial score (nSPS) is 16.1. The maximum atomic E-state index is 4.58. The van der Waals surface area contributed by atoms with Crippen LogP contribution in [0.1, 0.15) is 87.7 Å². The summed E-state index contributed by atoms with van der Waals surface area (Å²) < 4.78 is 0. The summed E-state index contributed by atoms with van der Waals surface area (Å²) in [7, 11) is 0. The van der Waals surface area contributed by atoms with Gasteiger partial charge >= 0.3 is 0 Å². The van der Waals surface area contributed by atoms with Crippen LogP contribution in [0.15, 0.2) is 30.3 Å². The van der Waals surface area contributed by atoms with Crippen molar-refractivity contribution in [2.45, 2.75) is 85.1 Å². The summed E-state index contributed by atoms with van der Waals surface area (Å²) in [5.74, 6) is 1.14. The van der Waals surface area contributed by atoms with E-state index < -0.39 is 0 Å². The van der Waals surface area contributed by atoms with Gasteiger partial charge in [-0.25, -0.2) is 0 Å². The average molecular weight is 418 g/mol. The molecule has 4 rings (SSSR count). The molecule has 31 heavy (non-hydrogen) atoms. The summed E-state index contributed by atoms with van der Waals surface area (Å²) in [5, 5.41) is 1.40. The molecule has 3 heteroatoms. The highest BCUT2D eigenvalue weighted by atomic mass is 15.2. The highest BCUT2D eigenvalue weighted by Gasteiger charge is 2.25. The molecule has 0 unspecified atom stereocenters. The molecular weight excluding hydrogens is 378 g/mol. The summed E-state index contributed by atoms with van der Waals surface area (Å²) >= 11 is 0. The third-order valence-corrected chi connectivity index (χ3v) is 7.27. The zero-order valence-corrected chi connectivity index (χ0v) is 20.3. The number of likely N-dealkylation sites (tertiary alicyclic amines) is 1. The first-order valence-electron chi connectivity index (χ1n) is 12.3. The van der Waals surface area contributed by atoms with Crippen molar-refractivity contribution in [2.24, 2.45) is 0 Å². The van der Waals surface area contributed by atoms with Crippen molar-refractivity contribution in [1.82, 2.24) is 14.9 Å². The van der Waals surface area contributed by atoms with Gasteiger partial charge in [0.15, 0.2) is 0 Å². The highest BCUT2D eigenvalue weighted by Crippen LogP contribution is 2.38. The van der Waals surface area contributed by atoms with Gasteiger partial charge in [-0.05, 0) is 99.8 Å². The summed E-state index contributed by atoms with van der Waals surface area (Å²) in [5.41, 5.74) is 8.89. The van der Waals surface area contributed by atoms with Gasteiger partial charge in [0.2, 0.25) is 0 Å². The Morgan fingerprint density at radius 2 is 1.65 bits per heavy atom. The minimum Gasteiger partial charge on any atom is -0.354 e. The fraction of sp³-hybridized carbons (Fsp3) is 0.536. The van der Waals surface area contributed by atoms with Crippen molar-refractivity contribution in [3.63, 3.8) is 0 Å². The van der Waals surface area contributed by atoms with Gasteiger partial charge in [-0.3, -0.25) is 4.98 Å². The van der Waals surface area contributed by atoms with Crippen molar-refractivity contribution < 1.29 is 0 Å². The van der Waals surface area contributed by atoms with Crippen LogP contribution in [-0.2, 0) is 0 Å². The molecule has 1 fully saturated rings. The van der Waals surface area contributed by atoms with Gasteiger partial charge < -0.3 is 9.88 Å². The van der Waals surface area contributed by atoms with Gasteiger partial charge in [-0.2, -0.15) is 0 Å². The van der Waals surface area contributed by atoms with E-state index in [9.17, 15) is 0 Å². The Hall–Kier alpha value is -2.13. The molecule has 2 aromatic heterocycles. The van der Waals surface area contributed by atoms with Crippen LogP contribution in [0.3, 0.4) is 0 Å². The molecule has 1 aliphatic rings. The third-order valence-electron chi connectivity index (χ3n) is 7.27. The first-order chi connectivity index (χ1) is 14.9. The second kappa shape index (κ2) is 9.16. The molecule has 0 spiro atoms. The number of aromatic amines is 1. The van der Waals surface area contributed by atoms with Gasteiger partial charge in [0.1, 0.15) is 0 Å². The lowest BCUT2D eigenvalue weighted by molar-refractivity contribution is 0.144. The van der Waals surface area contributed by atoms with Crippen molar-refractivity contribution in [3.05, 3.63) is 52.8 Å². The molecule has 0 bridgehead atoms. The van der Waals surface area contributed by atoms with E-state index >= 15 is 0 Å². The molecular formula is C28H39N3. The fourth-order valence-electron chi connectivity index (χ4n) is 5.69. The highest BCUT2D eigenvalue weighted by molar-refractivity contribution is 5.92. The van der Waals surface area contributed by atoms with E-state index in [2.05, 4.69) is 86.7 Å². The number of nitrogens with one attached hydrogen (secondary N) is 1. The van der Waals surface area contributed by atoms with Crippen molar-refractivity contribution in [1.29, 1.82) is 0 Å². The maximum absolute atomic E-state index is 4.58. The second-order valence-corrected chi connectivity index (χ2v) is 9.79. The minimum absolute atomic E-state index is 0.462. The zero-order chi connectivity index (χ0) is 22.1. The number of pyridine rings is 1. The number of hydrogen-bond acceptors (Lipinski definition) is 2. The summed E-state index contributed by atoms with van der Waals surface area (Å²) in [6.45, 7) is 15.9. The van der Waals surface area contributed by atoms with E-state index in [-0.39, 0.29) is 0 Å². The third kappa shape index (κ3) is 4.43. The van der Waals surface area contributed by atoms with Gasteiger partial charge in [0.05, 0.1) is 5.69 Å². The quantitative estimate of drug-likeness (QED) is 0.455. The van der Waals surface area contributed by atoms with E-state index in [1.54, 1.807) is 0 Å². The molecule has 1 aliphatic heterocycles. The van der Waals surface area contributed by atoms with E-state index in [0.29, 0.717) is 11.8 Å². The van der Waals surface area contributed by atoms with Gasteiger partial charge in [-0.15, -0.1) is 0 Å². The molecule has 0 amide bonds. The SMILES string of the molecule is CCC(CC)N1CCC(c2ccc3[nH]c(-c4cc(C)nc(C)c4)c(C(C)C)c3c2)CC1. The summed E-state index contributed by atoms with van der Waals surface area (Å²) in [4.78, 5) is 11.0. The predicted molar refractivity (Wildman–Crippen MR) is 133 cm³/mol. The van der Waals surface area contributed by atoms with Crippen LogP contribution >= 0.6 is 0 Å². The molecule has 1 aromatic carbocycles. The number of aryl methyl sites for hydroxylation is 2. The fourth-order valence-corrected chi connectivity index (χ4v) is 5.69. The first kappa shape index (κ1) is 22.1. The molecule has 3 heterocycles. The molecule has 0 saturated carbocycles. The lowest BCUT2D eigenvalue weighted by atomic mass is 9.87. The monoisotopic (exact) mass is 417 g/mol. The second-order valence-electron chi connectivity index (χ2n) is 9.79. The largest absolute Gasteiger partial charge is 0.354 e. The minimum atomic E-state index is 0.462. The molecule has 0 aliphatic carbocycles. The topological polar surface area (TPSA) is 31.9 Å². The van der Waals surface area contributed by atoms with E-state index in [0.717, 1.165) is 17.4 Å². The maximum Gasteiger partial charge on any atom is 0.0501 e. The van der Waals surface area contributed by atoms with Crippen LogP contribution in [-0.4, -0.2) is 34.0 Å². The number of aromatic nitrogens is 2. The van der Waals surface area contributed by atoms with Crippen molar-refractivity contribution in [2.75, 3.05) is 13.1 Å². The average Bonchev–Trinajstić information content (AvgIpc) is 3.13. The molecule has 1 N–H and O–H groups in total. The van der Waals surface area contributed by atoms with Gasteiger partial charge in [0, 0.05) is 33.9 Å². The number of H-pyrrole nitrogens is 1. The molecule has 3 nitrogen and oxygen atoms in total. The van der Waals surface area contributed by atoms with Crippen LogP contribution in [0.4, 0.5) is 0 Å². The number of hydrogen-bond donors (Lipinski definition) is 1. The number of nitrogens with zero attached hydrogens (tertiary/aromatic N) is 2. The molecule has 1 saturated heterocycles. The number of fused-ring (bicyclic) bond motifs is 1. The Labute approximate surface area is 188 Å². The van der Waals surface area contributed by atoms with Crippen LogP contribution in [0.2, 0.25) is 0 Å². The predicted octanol–water partition coefficient (Wildman–Crippen LogP) is 7.34. The molecule has 166 valence electrons. The zero-order valence-electron chi connectivity index (χ0n) is 20.3. The lowest BCUT2D eigenvalue weighted by Gasteiger charge is -2.37. The number of piperidine rings is 1. The van der Waals surface area contributed by atoms with E-state index in [1.165, 1.54) is 72.1 Å². The lowest BCUT2D eigenvalue weighted by Crippen LogP contribution is -2.40. The van der Waals surface area contributed by atoms with Crippen LogP contribution < -0.4 is 0 Å². The van der Waals surface area contributed by atoms with Crippen LogP contribution in [0.5, 0.6) is 0 Å². The van der Waals surface area contributed by atoms with Gasteiger partial charge in [0.25, 0.3) is 0 Å². The van der Waals surface area contributed by atoms with Crippen LogP contribution in [0, 0.1) is 13.8 Å². The van der Waals surface area contributed by atoms with Crippen molar-refractivity contribution >= 4 is 10.9 Å². The molecule has 3 aromatic rings. The van der Waals surface area contributed by atoms with Crippen LogP contribution in [0.25, 0.3) is 22.2 Å². The Balaban J connectivity index is 1.67. The van der Waals surface area contributed by atoms with E-state index in [1.807, 2.05) is 0 Å². The summed E-state index contributed by atoms with van der Waals surface area (Å²) in [6, 6.07) is 12.3.